The smallest absolute Gasteiger partial charge is 0.228 e. The van der Waals surface area contributed by atoms with Gasteiger partial charge in [0.05, 0.1) is 0 Å². The zero-order valence-corrected chi connectivity index (χ0v) is 13.7. The molecule has 0 radical (unpaired) electrons. The zero-order chi connectivity index (χ0) is 15.2. The van der Waals surface area contributed by atoms with Crippen LogP contribution in [0.3, 0.4) is 0 Å². The van der Waals surface area contributed by atoms with Crippen molar-refractivity contribution in [2.45, 2.75) is 13.3 Å². The highest BCUT2D eigenvalue weighted by atomic mass is 35.5. The predicted octanol–water partition coefficient (Wildman–Crippen LogP) is 2.07. The molecule has 0 saturated heterocycles. The molecule has 1 heterocycles. The molecular weight excluding hydrogens is 327 g/mol. The van der Waals surface area contributed by atoms with E-state index in [-0.39, 0.29) is 24.2 Å². The molecule has 1 atom stereocenters. The highest BCUT2D eigenvalue weighted by molar-refractivity contribution is 6.30. The number of hydrogen-bond donors (Lipinski definition) is 2. The van der Waals surface area contributed by atoms with Crippen molar-refractivity contribution >= 4 is 29.9 Å². The van der Waals surface area contributed by atoms with Crippen LogP contribution in [0.5, 0.6) is 0 Å². The van der Waals surface area contributed by atoms with Crippen molar-refractivity contribution in [2.75, 3.05) is 13.1 Å². The van der Waals surface area contributed by atoms with E-state index < -0.39 is 0 Å². The second-order valence-electron chi connectivity index (χ2n) is 4.70. The van der Waals surface area contributed by atoms with Crippen LogP contribution in [0.25, 0.3) is 11.4 Å². The molecule has 1 aromatic heterocycles. The van der Waals surface area contributed by atoms with Gasteiger partial charge >= 0.3 is 0 Å². The number of aromatic nitrogens is 2. The lowest BCUT2D eigenvalue weighted by atomic mass is 10.2. The minimum atomic E-state index is -0.199. The predicted molar refractivity (Wildman–Crippen MR) is 86.9 cm³/mol. The SMILES string of the molecule is CC(CN)C(=O)NCCc1nc(-c2cccc(Cl)c2)no1.Cl. The van der Waals surface area contributed by atoms with Gasteiger partial charge in [-0.25, -0.2) is 0 Å². The summed E-state index contributed by atoms with van der Waals surface area (Å²) in [7, 11) is 0. The fraction of sp³-hybridized carbons (Fsp3) is 0.357. The van der Waals surface area contributed by atoms with Gasteiger partial charge in [0.15, 0.2) is 0 Å². The van der Waals surface area contributed by atoms with Crippen molar-refractivity contribution in [3.8, 4) is 11.4 Å². The molecule has 22 heavy (non-hydrogen) atoms. The Hall–Kier alpha value is -1.63. The van der Waals surface area contributed by atoms with Gasteiger partial charge in [0.1, 0.15) is 0 Å². The number of nitrogens with one attached hydrogen (secondary N) is 1. The number of hydrogen-bond acceptors (Lipinski definition) is 5. The number of carbonyl (C=O) groups is 1. The zero-order valence-electron chi connectivity index (χ0n) is 12.1. The third kappa shape index (κ3) is 4.98. The minimum absolute atomic E-state index is 0. The highest BCUT2D eigenvalue weighted by Gasteiger charge is 2.12. The van der Waals surface area contributed by atoms with E-state index in [1.54, 1.807) is 19.1 Å². The van der Waals surface area contributed by atoms with Crippen molar-refractivity contribution in [1.29, 1.82) is 0 Å². The molecule has 8 heteroatoms. The summed E-state index contributed by atoms with van der Waals surface area (Å²) in [5.74, 6) is 0.668. The van der Waals surface area contributed by atoms with Crippen LogP contribution < -0.4 is 11.1 Å². The van der Waals surface area contributed by atoms with E-state index in [2.05, 4.69) is 15.5 Å². The van der Waals surface area contributed by atoms with Crippen LogP contribution in [-0.4, -0.2) is 29.1 Å². The Morgan fingerprint density at radius 2 is 2.27 bits per heavy atom. The topological polar surface area (TPSA) is 94.0 Å². The molecule has 0 aliphatic carbocycles. The van der Waals surface area contributed by atoms with Crippen LogP contribution in [0, 0.1) is 5.92 Å². The van der Waals surface area contributed by atoms with Crippen LogP contribution in [0.2, 0.25) is 5.02 Å². The largest absolute Gasteiger partial charge is 0.355 e. The van der Waals surface area contributed by atoms with E-state index in [1.807, 2.05) is 12.1 Å². The Labute approximate surface area is 139 Å². The lowest BCUT2D eigenvalue weighted by molar-refractivity contribution is -0.124. The van der Waals surface area contributed by atoms with E-state index in [4.69, 9.17) is 21.9 Å². The summed E-state index contributed by atoms with van der Waals surface area (Å²) in [6.07, 6.45) is 0.469. The quantitative estimate of drug-likeness (QED) is 0.836. The highest BCUT2D eigenvalue weighted by Crippen LogP contribution is 2.19. The van der Waals surface area contributed by atoms with Gasteiger partial charge in [-0.2, -0.15) is 4.98 Å². The Balaban J connectivity index is 0.00000242. The standard InChI is InChI=1S/C14H17ClN4O2.ClH/c1-9(8-16)14(20)17-6-5-12-18-13(19-21-12)10-3-2-4-11(15)7-10;/h2-4,7,9H,5-6,8,16H2,1H3,(H,17,20);1H. The van der Waals surface area contributed by atoms with Crippen LogP contribution in [0.4, 0.5) is 0 Å². The minimum Gasteiger partial charge on any atom is -0.355 e. The number of benzene rings is 1. The fourth-order valence-corrected chi connectivity index (χ4v) is 1.87. The van der Waals surface area contributed by atoms with E-state index in [1.165, 1.54) is 0 Å². The first kappa shape index (κ1) is 18.4. The lowest BCUT2D eigenvalue weighted by Gasteiger charge is -2.08. The molecule has 1 amide bonds. The van der Waals surface area contributed by atoms with Crippen LogP contribution in [0.15, 0.2) is 28.8 Å². The van der Waals surface area contributed by atoms with Gasteiger partial charge in [0, 0.05) is 36.0 Å². The number of carbonyl (C=O) groups excluding carboxylic acids is 1. The van der Waals surface area contributed by atoms with Gasteiger partial charge in [-0.05, 0) is 12.1 Å². The third-order valence-electron chi connectivity index (χ3n) is 2.99. The average molecular weight is 345 g/mol. The van der Waals surface area contributed by atoms with E-state index >= 15 is 0 Å². The lowest BCUT2D eigenvalue weighted by Crippen LogP contribution is -2.34. The van der Waals surface area contributed by atoms with Gasteiger partial charge < -0.3 is 15.6 Å². The molecule has 1 aromatic carbocycles. The summed E-state index contributed by atoms with van der Waals surface area (Å²) in [5.41, 5.74) is 6.21. The van der Waals surface area contributed by atoms with Crippen LogP contribution >= 0.6 is 24.0 Å². The van der Waals surface area contributed by atoms with Crippen LogP contribution in [-0.2, 0) is 11.2 Å². The molecule has 6 nitrogen and oxygen atoms in total. The van der Waals surface area contributed by atoms with E-state index in [0.717, 1.165) is 5.56 Å². The second-order valence-corrected chi connectivity index (χ2v) is 5.14. The molecular formula is C14H18Cl2N4O2. The molecule has 0 fully saturated rings. The molecule has 0 saturated carbocycles. The van der Waals surface area contributed by atoms with Gasteiger partial charge in [-0.15, -0.1) is 12.4 Å². The van der Waals surface area contributed by atoms with Crippen molar-refractivity contribution < 1.29 is 9.32 Å². The maximum Gasteiger partial charge on any atom is 0.228 e. The maximum atomic E-state index is 11.6. The molecule has 2 rings (SSSR count). The number of nitrogens with zero attached hydrogens (tertiary/aromatic N) is 2. The first-order valence-electron chi connectivity index (χ1n) is 6.66. The Morgan fingerprint density at radius 3 is 2.95 bits per heavy atom. The number of halogens is 2. The van der Waals surface area contributed by atoms with Gasteiger partial charge in [-0.1, -0.05) is 35.8 Å². The van der Waals surface area contributed by atoms with E-state index in [0.29, 0.717) is 36.2 Å². The average Bonchev–Trinajstić information content (AvgIpc) is 2.95. The molecule has 0 aliphatic rings. The summed E-state index contributed by atoms with van der Waals surface area (Å²) >= 11 is 5.92. The van der Waals surface area contributed by atoms with Crippen LogP contribution in [0.1, 0.15) is 12.8 Å². The van der Waals surface area contributed by atoms with E-state index in [9.17, 15) is 4.79 Å². The molecule has 0 aliphatic heterocycles. The van der Waals surface area contributed by atoms with Crippen molar-refractivity contribution in [3.63, 3.8) is 0 Å². The van der Waals surface area contributed by atoms with Crippen molar-refractivity contribution in [2.24, 2.45) is 11.7 Å². The van der Waals surface area contributed by atoms with Crippen molar-refractivity contribution in [1.82, 2.24) is 15.5 Å². The maximum absolute atomic E-state index is 11.6. The Bertz CT molecular complexity index is 618. The fourth-order valence-electron chi connectivity index (χ4n) is 1.68. The van der Waals surface area contributed by atoms with Crippen molar-refractivity contribution in [3.05, 3.63) is 35.2 Å². The number of nitrogens with two attached hydrogens (primary N) is 1. The summed E-state index contributed by atoms with van der Waals surface area (Å²) < 4.78 is 5.15. The summed E-state index contributed by atoms with van der Waals surface area (Å²) in [6.45, 7) is 2.53. The first-order valence-corrected chi connectivity index (χ1v) is 7.04. The number of amides is 1. The third-order valence-corrected chi connectivity index (χ3v) is 3.23. The molecule has 2 aromatic rings. The Morgan fingerprint density at radius 1 is 1.50 bits per heavy atom. The summed E-state index contributed by atoms with van der Waals surface area (Å²) in [6, 6.07) is 7.22. The summed E-state index contributed by atoms with van der Waals surface area (Å²) in [5, 5.41) is 7.28. The molecule has 0 bridgehead atoms. The molecule has 0 spiro atoms. The summed E-state index contributed by atoms with van der Waals surface area (Å²) in [4.78, 5) is 15.8. The van der Waals surface area contributed by atoms with Gasteiger partial charge in [0.2, 0.25) is 17.6 Å². The molecule has 1 unspecified atom stereocenters. The molecule has 120 valence electrons. The second kappa shape index (κ2) is 8.73. The molecule has 3 N–H and O–H groups in total. The Kier molecular flexibility index (Phi) is 7.31. The normalized spacial score (nSPS) is 11.6. The van der Waals surface area contributed by atoms with Gasteiger partial charge in [0.25, 0.3) is 0 Å². The monoisotopic (exact) mass is 344 g/mol. The van der Waals surface area contributed by atoms with Gasteiger partial charge in [-0.3, -0.25) is 4.79 Å². The number of rotatable bonds is 6. The first-order chi connectivity index (χ1) is 10.1.